The monoisotopic (exact) mass is 174 g/mol. The third-order valence-corrected chi connectivity index (χ3v) is 1.76. The van der Waals surface area contributed by atoms with E-state index in [4.69, 9.17) is 14.2 Å². The highest BCUT2D eigenvalue weighted by atomic mass is 16.6. The van der Waals surface area contributed by atoms with Gasteiger partial charge in [-0.25, -0.2) is 0 Å². The summed E-state index contributed by atoms with van der Waals surface area (Å²) in [5.74, 6) is 0. The molecule has 1 fully saturated rings. The maximum atomic E-state index is 5.36. The van der Waals surface area contributed by atoms with Crippen molar-refractivity contribution in [1.82, 2.24) is 0 Å². The lowest BCUT2D eigenvalue weighted by atomic mass is 10.2. The van der Waals surface area contributed by atoms with Crippen LogP contribution in [0.25, 0.3) is 0 Å². The van der Waals surface area contributed by atoms with Crippen LogP contribution in [0.3, 0.4) is 0 Å². The summed E-state index contributed by atoms with van der Waals surface area (Å²) in [5.41, 5.74) is 0.0186. The standard InChI is InChI=1S/C9H18O3/c1-3-4-10-5-6-11-7-9(2)8-12-9/h3-8H2,1-2H3. The van der Waals surface area contributed by atoms with Crippen LogP contribution in [0.5, 0.6) is 0 Å². The Morgan fingerprint density at radius 3 is 2.50 bits per heavy atom. The first-order chi connectivity index (χ1) is 5.77. The molecule has 3 nitrogen and oxygen atoms in total. The van der Waals surface area contributed by atoms with Crippen molar-refractivity contribution in [3.63, 3.8) is 0 Å². The third kappa shape index (κ3) is 4.04. The fourth-order valence-electron chi connectivity index (χ4n) is 0.859. The predicted octanol–water partition coefficient (Wildman–Crippen LogP) is 1.22. The Kier molecular flexibility index (Phi) is 3.98. The Balaban J connectivity index is 1.77. The fourth-order valence-corrected chi connectivity index (χ4v) is 0.859. The van der Waals surface area contributed by atoms with E-state index in [1.807, 2.05) is 0 Å². The highest BCUT2D eigenvalue weighted by Crippen LogP contribution is 2.25. The van der Waals surface area contributed by atoms with Gasteiger partial charge in [0.15, 0.2) is 0 Å². The summed E-state index contributed by atoms with van der Waals surface area (Å²) >= 11 is 0. The average molecular weight is 174 g/mol. The lowest BCUT2D eigenvalue weighted by molar-refractivity contribution is 0.0286. The van der Waals surface area contributed by atoms with Crippen molar-refractivity contribution in [2.75, 3.05) is 33.0 Å². The number of epoxide rings is 1. The molecule has 0 saturated carbocycles. The van der Waals surface area contributed by atoms with Crippen LogP contribution < -0.4 is 0 Å². The summed E-state index contributed by atoms with van der Waals surface area (Å²) in [6.07, 6.45) is 1.07. The van der Waals surface area contributed by atoms with Crippen molar-refractivity contribution in [2.45, 2.75) is 25.9 Å². The Morgan fingerprint density at radius 1 is 1.25 bits per heavy atom. The molecule has 0 aromatic heterocycles. The minimum absolute atomic E-state index is 0.0186. The normalized spacial score (nSPS) is 27.5. The molecule has 1 heterocycles. The summed E-state index contributed by atoms with van der Waals surface area (Å²) < 4.78 is 15.8. The van der Waals surface area contributed by atoms with E-state index >= 15 is 0 Å². The first kappa shape index (κ1) is 9.96. The van der Waals surface area contributed by atoms with E-state index in [1.54, 1.807) is 0 Å². The van der Waals surface area contributed by atoms with Gasteiger partial charge in [-0.05, 0) is 13.3 Å². The van der Waals surface area contributed by atoms with Crippen molar-refractivity contribution < 1.29 is 14.2 Å². The second kappa shape index (κ2) is 4.80. The van der Waals surface area contributed by atoms with Crippen molar-refractivity contribution in [1.29, 1.82) is 0 Å². The van der Waals surface area contributed by atoms with Gasteiger partial charge in [0.1, 0.15) is 5.60 Å². The van der Waals surface area contributed by atoms with E-state index in [1.165, 1.54) is 0 Å². The zero-order chi connectivity index (χ0) is 8.86. The number of hydrogen-bond donors (Lipinski definition) is 0. The lowest BCUT2D eigenvalue weighted by Gasteiger charge is -2.06. The molecule has 0 aliphatic carbocycles. The Labute approximate surface area is 74.0 Å². The Hall–Kier alpha value is -0.120. The number of ether oxygens (including phenoxy) is 3. The lowest BCUT2D eigenvalue weighted by Crippen LogP contribution is -2.16. The van der Waals surface area contributed by atoms with Crippen molar-refractivity contribution in [3.8, 4) is 0 Å². The molecule has 0 bridgehead atoms. The second-order valence-electron chi connectivity index (χ2n) is 3.40. The Morgan fingerprint density at radius 2 is 1.92 bits per heavy atom. The molecule has 0 N–H and O–H groups in total. The van der Waals surface area contributed by atoms with Crippen LogP contribution in [-0.2, 0) is 14.2 Å². The molecule has 0 radical (unpaired) electrons. The highest BCUT2D eigenvalue weighted by Gasteiger charge is 2.39. The van der Waals surface area contributed by atoms with Gasteiger partial charge in [-0.1, -0.05) is 6.92 Å². The maximum Gasteiger partial charge on any atom is 0.112 e. The zero-order valence-electron chi connectivity index (χ0n) is 7.97. The maximum absolute atomic E-state index is 5.36. The SMILES string of the molecule is CCCOCCOCC1(C)CO1. The van der Waals surface area contributed by atoms with Gasteiger partial charge in [-0.15, -0.1) is 0 Å². The van der Waals surface area contributed by atoms with E-state index in [0.717, 1.165) is 19.6 Å². The van der Waals surface area contributed by atoms with Crippen LogP contribution >= 0.6 is 0 Å². The molecule has 0 aromatic rings. The molecular formula is C9H18O3. The van der Waals surface area contributed by atoms with Crippen molar-refractivity contribution >= 4 is 0 Å². The van der Waals surface area contributed by atoms with Crippen molar-refractivity contribution in [3.05, 3.63) is 0 Å². The molecule has 72 valence electrons. The van der Waals surface area contributed by atoms with Gasteiger partial charge < -0.3 is 14.2 Å². The van der Waals surface area contributed by atoms with E-state index in [-0.39, 0.29) is 5.60 Å². The molecule has 1 unspecified atom stereocenters. The molecule has 3 heteroatoms. The summed E-state index contributed by atoms with van der Waals surface area (Å²) in [6, 6.07) is 0. The molecule has 1 rings (SSSR count). The fraction of sp³-hybridized carbons (Fsp3) is 1.00. The second-order valence-corrected chi connectivity index (χ2v) is 3.40. The molecule has 0 amide bonds. The topological polar surface area (TPSA) is 31.0 Å². The molecule has 12 heavy (non-hydrogen) atoms. The molecule has 0 aromatic carbocycles. The van der Waals surface area contributed by atoms with Crippen LogP contribution in [0.15, 0.2) is 0 Å². The zero-order valence-corrected chi connectivity index (χ0v) is 7.97. The van der Waals surface area contributed by atoms with Gasteiger partial charge in [0.25, 0.3) is 0 Å². The summed E-state index contributed by atoms with van der Waals surface area (Å²) in [5, 5.41) is 0. The van der Waals surface area contributed by atoms with Gasteiger partial charge in [0.2, 0.25) is 0 Å². The largest absolute Gasteiger partial charge is 0.379 e. The smallest absolute Gasteiger partial charge is 0.112 e. The Bertz CT molecular complexity index is 121. The van der Waals surface area contributed by atoms with Gasteiger partial charge in [0.05, 0.1) is 26.4 Å². The summed E-state index contributed by atoms with van der Waals surface area (Å²) in [6.45, 7) is 7.89. The number of rotatable bonds is 7. The van der Waals surface area contributed by atoms with Gasteiger partial charge in [-0.2, -0.15) is 0 Å². The highest BCUT2D eigenvalue weighted by molar-refractivity contribution is 4.86. The molecule has 0 spiro atoms. The van der Waals surface area contributed by atoms with E-state index < -0.39 is 0 Å². The van der Waals surface area contributed by atoms with Gasteiger partial charge >= 0.3 is 0 Å². The van der Waals surface area contributed by atoms with Crippen molar-refractivity contribution in [2.24, 2.45) is 0 Å². The van der Waals surface area contributed by atoms with Gasteiger partial charge in [-0.3, -0.25) is 0 Å². The van der Waals surface area contributed by atoms with E-state index in [0.29, 0.717) is 19.8 Å². The summed E-state index contributed by atoms with van der Waals surface area (Å²) in [4.78, 5) is 0. The van der Waals surface area contributed by atoms with Crippen LogP contribution in [0.1, 0.15) is 20.3 Å². The minimum atomic E-state index is 0.0186. The number of hydrogen-bond acceptors (Lipinski definition) is 3. The van der Waals surface area contributed by atoms with E-state index in [2.05, 4.69) is 13.8 Å². The molecule has 1 aliphatic rings. The average Bonchev–Trinajstić information content (AvgIpc) is 2.77. The molecule has 1 atom stereocenters. The van der Waals surface area contributed by atoms with Gasteiger partial charge in [0, 0.05) is 6.61 Å². The third-order valence-electron chi connectivity index (χ3n) is 1.76. The molecule has 1 saturated heterocycles. The van der Waals surface area contributed by atoms with E-state index in [9.17, 15) is 0 Å². The first-order valence-electron chi connectivity index (χ1n) is 4.56. The van der Waals surface area contributed by atoms with Crippen LogP contribution in [0.2, 0.25) is 0 Å². The minimum Gasteiger partial charge on any atom is -0.379 e. The first-order valence-corrected chi connectivity index (χ1v) is 4.56. The van der Waals surface area contributed by atoms with Crippen LogP contribution in [-0.4, -0.2) is 38.6 Å². The molecule has 1 aliphatic heterocycles. The molecular weight excluding hydrogens is 156 g/mol. The summed E-state index contributed by atoms with van der Waals surface area (Å²) in [7, 11) is 0. The van der Waals surface area contributed by atoms with Crippen LogP contribution in [0.4, 0.5) is 0 Å². The quantitative estimate of drug-likeness (QED) is 0.429. The predicted molar refractivity (Wildman–Crippen MR) is 46.3 cm³/mol. The van der Waals surface area contributed by atoms with Crippen LogP contribution in [0, 0.1) is 0 Å².